The van der Waals surface area contributed by atoms with Gasteiger partial charge in [0.15, 0.2) is 0 Å². The molecule has 0 radical (unpaired) electrons. The molecule has 1 aromatic rings. The van der Waals surface area contributed by atoms with Gasteiger partial charge in [-0.15, -0.1) is 0 Å². The predicted molar refractivity (Wildman–Crippen MR) is 84.6 cm³/mol. The average Bonchev–Trinajstić information content (AvgIpc) is 2.75. The molecule has 1 unspecified atom stereocenters. The van der Waals surface area contributed by atoms with E-state index in [2.05, 4.69) is 42.8 Å². The summed E-state index contributed by atoms with van der Waals surface area (Å²) in [5, 5.41) is 7.37. The molecule has 1 aromatic heterocycles. The van der Waals surface area contributed by atoms with Crippen LogP contribution >= 0.6 is 0 Å². The first-order valence-electron chi connectivity index (χ1n) is 7.49. The summed E-state index contributed by atoms with van der Waals surface area (Å²) in [7, 11) is -3.48. The second kappa shape index (κ2) is 7.91. The number of nitrogens with one attached hydrogen (secondary N) is 2. The number of hydrogen-bond donors (Lipinski definition) is 2. The largest absolute Gasteiger partial charge is 0.313 e. The van der Waals surface area contributed by atoms with E-state index in [9.17, 15) is 8.42 Å². The minimum absolute atomic E-state index is 0.0824. The van der Waals surface area contributed by atoms with Crippen molar-refractivity contribution in [3.8, 4) is 0 Å². The van der Waals surface area contributed by atoms with Crippen molar-refractivity contribution in [2.24, 2.45) is 5.92 Å². The first-order valence-corrected chi connectivity index (χ1v) is 8.97. The minimum atomic E-state index is -3.48. The zero-order valence-corrected chi connectivity index (χ0v) is 14.4. The van der Waals surface area contributed by atoms with Gasteiger partial charge in [-0.2, -0.15) is 5.10 Å². The van der Waals surface area contributed by atoms with Crippen molar-refractivity contribution in [1.29, 1.82) is 0 Å². The van der Waals surface area contributed by atoms with E-state index >= 15 is 0 Å². The highest BCUT2D eigenvalue weighted by atomic mass is 32.2. The summed E-state index contributed by atoms with van der Waals surface area (Å²) in [5.41, 5.74) is 0. The molecule has 122 valence electrons. The molecular weight excluding hydrogens is 288 g/mol. The van der Waals surface area contributed by atoms with Crippen LogP contribution in [0, 0.1) is 5.92 Å². The molecule has 0 aliphatic heterocycles. The molecule has 0 aliphatic rings. The lowest BCUT2D eigenvalue weighted by Crippen LogP contribution is -2.33. The Kier molecular flexibility index (Phi) is 6.83. The van der Waals surface area contributed by atoms with Crippen LogP contribution in [-0.2, 0) is 16.6 Å². The molecule has 0 amide bonds. The van der Waals surface area contributed by atoms with Crippen molar-refractivity contribution >= 4 is 10.0 Å². The Morgan fingerprint density at radius 1 is 1.24 bits per heavy atom. The summed E-state index contributed by atoms with van der Waals surface area (Å²) in [6.07, 6.45) is 3.79. The van der Waals surface area contributed by atoms with E-state index in [1.807, 2.05) is 6.92 Å². The normalized spacial score (nSPS) is 14.0. The zero-order valence-electron chi connectivity index (χ0n) is 13.6. The third kappa shape index (κ3) is 6.58. The molecule has 0 saturated heterocycles. The molecule has 21 heavy (non-hydrogen) atoms. The van der Waals surface area contributed by atoms with Crippen LogP contribution in [0.3, 0.4) is 0 Å². The lowest BCUT2D eigenvalue weighted by molar-refractivity contribution is 0.482. The van der Waals surface area contributed by atoms with Gasteiger partial charge in [-0.3, -0.25) is 4.68 Å². The number of aromatic nitrogens is 2. The Hall–Kier alpha value is -0.920. The molecule has 7 heteroatoms. The van der Waals surface area contributed by atoms with Crippen LogP contribution in [-0.4, -0.2) is 36.8 Å². The smallest absolute Gasteiger partial charge is 0.243 e. The van der Waals surface area contributed by atoms with Crippen LogP contribution in [0.25, 0.3) is 0 Å². The van der Waals surface area contributed by atoms with Gasteiger partial charge in [-0.05, 0) is 19.3 Å². The highest BCUT2D eigenvalue weighted by Gasteiger charge is 2.19. The number of sulfonamides is 1. The van der Waals surface area contributed by atoms with Crippen LogP contribution in [0.15, 0.2) is 17.3 Å². The summed E-state index contributed by atoms with van der Waals surface area (Å²) in [5.74, 6) is 0.451. The van der Waals surface area contributed by atoms with Gasteiger partial charge in [0.05, 0.1) is 12.7 Å². The van der Waals surface area contributed by atoms with E-state index < -0.39 is 10.0 Å². The van der Waals surface area contributed by atoms with Crippen LogP contribution in [0.5, 0.6) is 0 Å². The topological polar surface area (TPSA) is 76.0 Å². The Bertz CT molecular complexity index is 523. The molecular formula is C14H28N4O2S. The lowest BCUT2D eigenvalue weighted by atomic mass is 10.1. The highest BCUT2D eigenvalue weighted by Crippen LogP contribution is 2.11. The fraction of sp³-hybridized carbons (Fsp3) is 0.786. The third-order valence-corrected chi connectivity index (χ3v) is 4.54. The second-order valence-electron chi connectivity index (χ2n) is 6.20. The van der Waals surface area contributed by atoms with Gasteiger partial charge in [0.25, 0.3) is 0 Å². The van der Waals surface area contributed by atoms with Crippen molar-refractivity contribution < 1.29 is 8.42 Å². The van der Waals surface area contributed by atoms with Crippen LogP contribution in [0.4, 0.5) is 0 Å². The number of rotatable bonds is 9. The van der Waals surface area contributed by atoms with Crippen LogP contribution in [0.1, 0.15) is 41.0 Å². The molecule has 0 saturated carbocycles. The summed E-state index contributed by atoms with van der Waals surface area (Å²) in [4.78, 5) is 0.225. The first-order chi connectivity index (χ1) is 9.70. The Balaban J connectivity index is 2.61. The van der Waals surface area contributed by atoms with Crippen molar-refractivity contribution in [2.75, 3.05) is 6.54 Å². The van der Waals surface area contributed by atoms with Gasteiger partial charge in [0.1, 0.15) is 4.90 Å². The van der Waals surface area contributed by atoms with E-state index in [1.165, 1.54) is 6.20 Å². The SMILES string of the molecule is CC(C)CC(C)NS(=O)(=O)c1cnn(CCNC(C)C)c1. The van der Waals surface area contributed by atoms with Crippen LogP contribution in [0.2, 0.25) is 0 Å². The number of nitrogens with zero attached hydrogens (tertiary/aromatic N) is 2. The van der Waals surface area contributed by atoms with E-state index in [0.717, 1.165) is 13.0 Å². The fourth-order valence-corrected chi connectivity index (χ4v) is 3.37. The van der Waals surface area contributed by atoms with Gasteiger partial charge in [0, 0.05) is 24.8 Å². The minimum Gasteiger partial charge on any atom is -0.313 e. The maximum atomic E-state index is 12.2. The standard InChI is InChI=1S/C14H28N4O2S/c1-11(2)8-13(5)17-21(19,20)14-9-16-18(10-14)7-6-15-12(3)4/h9-13,15,17H,6-8H2,1-5H3. The molecule has 0 aliphatic carbocycles. The third-order valence-electron chi connectivity index (χ3n) is 2.99. The summed E-state index contributed by atoms with van der Waals surface area (Å²) < 4.78 is 28.8. The van der Waals surface area contributed by atoms with Gasteiger partial charge in [0.2, 0.25) is 10.0 Å². The molecule has 0 fully saturated rings. The average molecular weight is 316 g/mol. The predicted octanol–water partition coefficient (Wildman–Crippen LogP) is 1.59. The summed E-state index contributed by atoms with van der Waals surface area (Å²) in [6, 6.07) is 0.322. The molecule has 0 spiro atoms. The van der Waals surface area contributed by atoms with E-state index in [0.29, 0.717) is 18.5 Å². The quantitative estimate of drug-likeness (QED) is 0.725. The molecule has 6 nitrogen and oxygen atoms in total. The Morgan fingerprint density at radius 3 is 2.48 bits per heavy atom. The van der Waals surface area contributed by atoms with E-state index in [-0.39, 0.29) is 10.9 Å². The Morgan fingerprint density at radius 2 is 1.90 bits per heavy atom. The fourth-order valence-electron chi connectivity index (χ4n) is 2.16. The number of hydrogen-bond acceptors (Lipinski definition) is 4. The maximum absolute atomic E-state index is 12.2. The molecule has 1 atom stereocenters. The molecule has 1 heterocycles. The second-order valence-corrected chi connectivity index (χ2v) is 7.91. The van der Waals surface area contributed by atoms with E-state index in [1.54, 1.807) is 10.9 Å². The monoisotopic (exact) mass is 316 g/mol. The molecule has 2 N–H and O–H groups in total. The van der Waals surface area contributed by atoms with Gasteiger partial charge in [-0.1, -0.05) is 27.7 Å². The lowest BCUT2D eigenvalue weighted by Gasteiger charge is -2.15. The summed E-state index contributed by atoms with van der Waals surface area (Å²) >= 11 is 0. The van der Waals surface area contributed by atoms with Crippen molar-refractivity contribution in [2.45, 2.75) is 64.6 Å². The van der Waals surface area contributed by atoms with Crippen molar-refractivity contribution in [3.63, 3.8) is 0 Å². The van der Waals surface area contributed by atoms with Gasteiger partial charge < -0.3 is 5.32 Å². The highest BCUT2D eigenvalue weighted by molar-refractivity contribution is 7.89. The Labute approximate surface area is 128 Å². The maximum Gasteiger partial charge on any atom is 0.243 e. The summed E-state index contributed by atoms with van der Waals surface area (Å²) in [6.45, 7) is 11.6. The van der Waals surface area contributed by atoms with E-state index in [4.69, 9.17) is 0 Å². The van der Waals surface area contributed by atoms with Crippen molar-refractivity contribution in [1.82, 2.24) is 19.8 Å². The molecule has 1 rings (SSSR count). The molecule has 0 aromatic carbocycles. The van der Waals surface area contributed by atoms with Gasteiger partial charge in [-0.25, -0.2) is 13.1 Å². The van der Waals surface area contributed by atoms with Gasteiger partial charge >= 0.3 is 0 Å². The van der Waals surface area contributed by atoms with Crippen LogP contribution < -0.4 is 10.0 Å². The first kappa shape index (κ1) is 18.1. The zero-order chi connectivity index (χ0) is 16.0. The van der Waals surface area contributed by atoms with Crippen molar-refractivity contribution in [3.05, 3.63) is 12.4 Å². The molecule has 0 bridgehead atoms.